The molecule has 0 fully saturated rings. The quantitative estimate of drug-likeness (QED) is 0.250. The summed E-state index contributed by atoms with van der Waals surface area (Å²) in [5.74, 6) is -0.583. The van der Waals surface area contributed by atoms with Crippen molar-refractivity contribution < 1.29 is 13.6 Å². The van der Waals surface area contributed by atoms with Crippen LogP contribution in [0.4, 0.5) is 14.5 Å². The summed E-state index contributed by atoms with van der Waals surface area (Å²) in [6, 6.07) is 9.34. The number of hydrogen-bond donors (Lipinski definition) is 3. The molecule has 1 amide bonds. The number of rotatable bonds is 6. The van der Waals surface area contributed by atoms with Gasteiger partial charge in [-0.25, -0.2) is 13.8 Å². The second-order valence-electron chi connectivity index (χ2n) is 9.54. The van der Waals surface area contributed by atoms with Gasteiger partial charge >= 0.3 is 0 Å². The molecule has 0 saturated heterocycles. The molecule has 0 atom stereocenters. The monoisotopic (exact) mass is 524 g/mol. The van der Waals surface area contributed by atoms with Crippen molar-refractivity contribution in [2.45, 2.75) is 20.3 Å². The van der Waals surface area contributed by atoms with Gasteiger partial charge in [0.15, 0.2) is 11.6 Å². The van der Waals surface area contributed by atoms with Crippen molar-refractivity contribution in [2.75, 3.05) is 5.32 Å². The molecule has 3 N–H and O–H groups in total. The zero-order valence-electron chi connectivity index (χ0n) is 21.0. The number of carbonyl (C=O) groups excluding carboxylic acids is 1. The molecule has 39 heavy (non-hydrogen) atoms. The van der Waals surface area contributed by atoms with E-state index in [1.807, 2.05) is 13.8 Å². The van der Waals surface area contributed by atoms with Gasteiger partial charge in [0.05, 0.1) is 40.2 Å². The number of H-pyrrole nitrogens is 2. The maximum atomic E-state index is 16.0. The van der Waals surface area contributed by atoms with Gasteiger partial charge in [-0.05, 0) is 42.3 Å². The maximum Gasteiger partial charge on any atom is 0.224 e. The molecule has 5 aromatic heterocycles. The van der Waals surface area contributed by atoms with E-state index in [0.717, 1.165) is 0 Å². The SMILES string of the molecule is CC(C)CC(=O)Nc1cncc(-c2ncc3[nH]nc(-c4nc5c(-c6ccc(F)cc6)nccc5[nH]4)c3c2F)c1. The molecule has 0 bridgehead atoms. The van der Waals surface area contributed by atoms with E-state index < -0.39 is 5.82 Å². The summed E-state index contributed by atoms with van der Waals surface area (Å²) in [5.41, 5.74) is 4.01. The number of amides is 1. The Labute approximate surface area is 220 Å². The molecular weight excluding hydrogens is 502 g/mol. The second-order valence-corrected chi connectivity index (χ2v) is 9.54. The number of anilines is 1. The lowest BCUT2D eigenvalue weighted by atomic mass is 10.1. The number of hydrogen-bond acceptors (Lipinski definition) is 6. The summed E-state index contributed by atoms with van der Waals surface area (Å²) < 4.78 is 29.5. The number of pyridine rings is 3. The third-order valence-electron chi connectivity index (χ3n) is 6.18. The Morgan fingerprint density at radius 2 is 1.77 bits per heavy atom. The van der Waals surface area contributed by atoms with Crippen LogP contribution >= 0.6 is 0 Å². The topological polar surface area (TPSA) is 125 Å². The molecule has 0 aliphatic heterocycles. The Kier molecular flexibility index (Phi) is 6.02. The average Bonchev–Trinajstić information content (AvgIpc) is 3.54. The highest BCUT2D eigenvalue weighted by Crippen LogP contribution is 2.34. The third-order valence-corrected chi connectivity index (χ3v) is 6.18. The van der Waals surface area contributed by atoms with Crippen LogP contribution in [0.5, 0.6) is 0 Å². The zero-order valence-corrected chi connectivity index (χ0v) is 21.0. The van der Waals surface area contributed by atoms with Crippen LogP contribution in [-0.4, -0.2) is 41.0 Å². The van der Waals surface area contributed by atoms with Crippen LogP contribution in [0.15, 0.2) is 61.2 Å². The number of aromatic amines is 2. The van der Waals surface area contributed by atoms with E-state index in [2.05, 4.69) is 40.4 Å². The zero-order chi connectivity index (χ0) is 27.1. The van der Waals surface area contributed by atoms with Crippen LogP contribution in [0.25, 0.3) is 56.0 Å². The van der Waals surface area contributed by atoms with Crippen LogP contribution in [-0.2, 0) is 4.79 Å². The number of halogens is 2. The van der Waals surface area contributed by atoms with Crippen LogP contribution in [0.3, 0.4) is 0 Å². The molecule has 0 saturated carbocycles. The minimum atomic E-state index is -0.610. The van der Waals surface area contributed by atoms with Crippen LogP contribution in [0.1, 0.15) is 20.3 Å². The fourth-order valence-corrected chi connectivity index (χ4v) is 4.43. The predicted octanol–water partition coefficient (Wildman–Crippen LogP) is 5.89. The number of carbonyl (C=O) groups is 1. The van der Waals surface area contributed by atoms with E-state index in [9.17, 15) is 9.18 Å². The number of nitrogens with one attached hydrogen (secondary N) is 3. The molecule has 0 aliphatic carbocycles. The van der Waals surface area contributed by atoms with Gasteiger partial charge < -0.3 is 10.3 Å². The van der Waals surface area contributed by atoms with Crippen molar-refractivity contribution in [1.82, 2.24) is 35.1 Å². The lowest BCUT2D eigenvalue weighted by Gasteiger charge is -2.09. The van der Waals surface area contributed by atoms with Gasteiger partial charge in [0, 0.05) is 29.9 Å². The molecule has 11 heteroatoms. The van der Waals surface area contributed by atoms with Crippen molar-refractivity contribution in [3.05, 3.63) is 72.8 Å². The fourth-order valence-electron chi connectivity index (χ4n) is 4.43. The summed E-state index contributed by atoms with van der Waals surface area (Å²) in [5, 5.41) is 10.1. The Balaban J connectivity index is 1.41. The van der Waals surface area contributed by atoms with Crippen LogP contribution < -0.4 is 5.32 Å². The van der Waals surface area contributed by atoms with Crippen LogP contribution in [0.2, 0.25) is 0 Å². The van der Waals surface area contributed by atoms with E-state index in [0.29, 0.717) is 51.3 Å². The molecule has 1 aromatic carbocycles. The number of aromatic nitrogens is 7. The minimum Gasteiger partial charge on any atom is -0.336 e. The number of benzene rings is 1. The molecule has 5 heterocycles. The van der Waals surface area contributed by atoms with E-state index in [-0.39, 0.29) is 34.4 Å². The first kappa shape index (κ1) is 24.3. The van der Waals surface area contributed by atoms with Crippen molar-refractivity contribution in [2.24, 2.45) is 5.92 Å². The van der Waals surface area contributed by atoms with Gasteiger partial charge in [-0.15, -0.1) is 0 Å². The third kappa shape index (κ3) is 4.58. The normalized spacial score (nSPS) is 11.5. The fraction of sp³-hybridized carbons (Fsp3) is 0.143. The Hall–Kier alpha value is -5.06. The van der Waals surface area contributed by atoms with Gasteiger partial charge in [0.1, 0.15) is 22.7 Å². The highest BCUT2D eigenvalue weighted by atomic mass is 19.1. The molecule has 9 nitrogen and oxygen atoms in total. The van der Waals surface area contributed by atoms with Crippen molar-refractivity contribution >= 4 is 33.5 Å². The minimum absolute atomic E-state index is 0.0578. The average molecular weight is 525 g/mol. The van der Waals surface area contributed by atoms with Gasteiger partial charge in [-0.1, -0.05) is 13.8 Å². The molecule has 0 spiro atoms. The van der Waals surface area contributed by atoms with Crippen molar-refractivity contribution in [3.63, 3.8) is 0 Å². The summed E-state index contributed by atoms with van der Waals surface area (Å²) in [6.45, 7) is 3.90. The summed E-state index contributed by atoms with van der Waals surface area (Å²) in [4.78, 5) is 32.9. The summed E-state index contributed by atoms with van der Waals surface area (Å²) >= 11 is 0. The standard InChI is InChI=1S/C28H22F2N8O/c1-14(2)9-21(39)34-18-10-16(11-31-12-18)24-23(30)22-20(13-33-24)37-38-27(22)28-35-19-7-8-32-25(26(19)36-28)15-3-5-17(29)6-4-15/h3-8,10-14H,9H2,1-2H3,(H,34,39)(H,35,36)(H,37,38). The highest BCUT2D eigenvalue weighted by Gasteiger charge is 2.22. The molecule has 194 valence electrons. The smallest absolute Gasteiger partial charge is 0.224 e. The first-order chi connectivity index (χ1) is 18.9. The highest BCUT2D eigenvalue weighted by molar-refractivity contribution is 5.97. The van der Waals surface area contributed by atoms with E-state index >= 15 is 4.39 Å². The molecule has 0 aliphatic rings. The van der Waals surface area contributed by atoms with E-state index in [1.165, 1.54) is 30.7 Å². The first-order valence-corrected chi connectivity index (χ1v) is 12.3. The van der Waals surface area contributed by atoms with E-state index in [4.69, 9.17) is 0 Å². The lowest BCUT2D eigenvalue weighted by molar-refractivity contribution is -0.116. The number of fused-ring (bicyclic) bond motifs is 2. The van der Waals surface area contributed by atoms with Gasteiger partial charge in [0.25, 0.3) is 0 Å². The summed E-state index contributed by atoms with van der Waals surface area (Å²) in [6.07, 6.45) is 6.45. The Morgan fingerprint density at radius 1 is 0.949 bits per heavy atom. The van der Waals surface area contributed by atoms with Gasteiger partial charge in [-0.2, -0.15) is 5.10 Å². The molecule has 0 radical (unpaired) electrons. The molecule has 6 aromatic rings. The number of imidazole rings is 1. The Bertz CT molecular complexity index is 1840. The second kappa shape index (κ2) is 9.67. The summed E-state index contributed by atoms with van der Waals surface area (Å²) in [7, 11) is 0. The van der Waals surface area contributed by atoms with E-state index in [1.54, 1.807) is 30.5 Å². The van der Waals surface area contributed by atoms with Gasteiger partial charge in [-0.3, -0.25) is 24.8 Å². The molecule has 6 rings (SSSR count). The van der Waals surface area contributed by atoms with Crippen molar-refractivity contribution in [1.29, 1.82) is 0 Å². The van der Waals surface area contributed by atoms with Crippen LogP contribution in [0, 0.1) is 17.6 Å². The Morgan fingerprint density at radius 3 is 2.56 bits per heavy atom. The molecular formula is C28H22F2N8O. The lowest BCUT2D eigenvalue weighted by Crippen LogP contribution is -2.14. The first-order valence-electron chi connectivity index (χ1n) is 12.3. The maximum absolute atomic E-state index is 16.0. The molecule has 0 unspecified atom stereocenters. The number of nitrogens with zero attached hydrogens (tertiary/aromatic N) is 5. The van der Waals surface area contributed by atoms with Gasteiger partial charge in [0.2, 0.25) is 5.91 Å². The predicted molar refractivity (Wildman–Crippen MR) is 143 cm³/mol. The van der Waals surface area contributed by atoms with Crippen molar-refractivity contribution in [3.8, 4) is 34.0 Å². The largest absolute Gasteiger partial charge is 0.336 e.